The van der Waals surface area contributed by atoms with Crippen molar-refractivity contribution >= 4 is 28.5 Å². The van der Waals surface area contributed by atoms with Crippen molar-refractivity contribution in [3.8, 4) is 0 Å². The second-order valence-electron chi connectivity index (χ2n) is 14.2. The smallest absolute Gasteiger partial charge is 0.207 e. The van der Waals surface area contributed by atoms with E-state index in [1.54, 1.807) is 17.3 Å². The Morgan fingerprint density at radius 1 is 1.03 bits per heavy atom. The van der Waals surface area contributed by atoms with Gasteiger partial charge < -0.3 is 0 Å². The van der Waals surface area contributed by atoms with E-state index < -0.39 is 0 Å². The lowest BCUT2D eigenvalue weighted by molar-refractivity contribution is -0.111. The maximum absolute atomic E-state index is 12.7. The van der Waals surface area contributed by atoms with Crippen LogP contribution in [-0.2, 0) is 4.79 Å². The Balaban J connectivity index is 1.43. The van der Waals surface area contributed by atoms with E-state index in [9.17, 15) is 4.79 Å². The van der Waals surface area contributed by atoms with Gasteiger partial charge in [0, 0.05) is 5.25 Å². The summed E-state index contributed by atoms with van der Waals surface area (Å²) >= 11 is 7.95. The van der Waals surface area contributed by atoms with Crippen molar-refractivity contribution in [3.05, 3.63) is 11.6 Å². The number of allylic oxidation sites excluding steroid dienone is 2. The monoisotopic (exact) mass is 520 g/mol. The Morgan fingerprint density at radius 2 is 1.77 bits per heavy atom. The van der Waals surface area contributed by atoms with Crippen LogP contribution < -0.4 is 0 Å². The lowest BCUT2D eigenvalue weighted by Gasteiger charge is -2.58. The maximum Gasteiger partial charge on any atom is 0.207 e. The van der Waals surface area contributed by atoms with Crippen molar-refractivity contribution in [2.75, 3.05) is 0 Å². The SMILES string of the molecule is CC(C)CCC[C@H](C)[C@H]1CC[C@H]2[C@@H]3CC=C4C[C@@H](SC(=O)[C@@H](Cl)C(C)C)CC[C@]4(C)[C@H]3CC[C@]12C. The van der Waals surface area contributed by atoms with Crippen molar-refractivity contribution in [2.45, 2.75) is 130 Å². The first-order valence-electron chi connectivity index (χ1n) is 15.0. The Hall–Kier alpha value is 0.0500. The van der Waals surface area contributed by atoms with Crippen LogP contribution in [0.3, 0.4) is 0 Å². The molecule has 0 amide bonds. The third-order valence-electron chi connectivity index (χ3n) is 11.4. The van der Waals surface area contributed by atoms with Crippen LogP contribution in [0.1, 0.15) is 119 Å². The first-order chi connectivity index (χ1) is 16.5. The average molecular weight is 521 g/mol. The lowest BCUT2D eigenvalue weighted by Crippen LogP contribution is -2.50. The predicted octanol–water partition coefficient (Wildman–Crippen LogP) is 9.92. The van der Waals surface area contributed by atoms with Crippen LogP contribution in [0.2, 0.25) is 0 Å². The van der Waals surface area contributed by atoms with Gasteiger partial charge in [-0.1, -0.05) is 91.1 Å². The van der Waals surface area contributed by atoms with Crippen LogP contribution in [0.4, 0.5) is 0 Å². The average Bonchev–Trinajstić information content (AvgIpc) is 3.15. The molecule has 0 saturated heterocycles. The summed E-state index contributed by atoms with van der Waals surface area (Å²) in [5.74, 6) is 5.53. The number of carbonyl (C=O) groups is 1. The molecule has 0 bridgehead atoms. The normalized spacial score (nSPS) is 40.6. The maximum atomic E-state index is 12.7. The van der Waals surface area contributed by atoms with Gasteiger partial charge >= 0.3 is 0 Å². The highest BCUT2D eigenvalue weighted by Crippen LogP contribution is 2.67. The van der Waals surface area contributed by atoms with Crippen LogP contribution in [0.25, 0.3) is 0 Å². The van der Waals surface area contributed by atoms with Gasteiger partial charge in [-0.3, -0.25) is 4.79 Å². The molecule has 35 heavy (non-hydrogen) atoms. The summed E-state index contributed by atoms with van der Waals surface area (Å²) < 4.78 is 0. The first-order valence-corrected chi connectivity index (χ1v) is 16.3. The highest BCUT2D eigenvalue weighted by atomic mass is 35.5. The van der Waals surface area contributed by atoms with Gasteiger partial charge in [0.15, 0.2) is 0 Å². The molecule has 0 aromatic rings. The van der Waals surface area contributed by atoms with E-state index in [0.29, 0.717) is 16.1 Å². The summed E-state index contributed by atoms with van der Waals surface area (Å²) in [5, 5.41) is 0.268. The largest absolute Gasteiger partial charge is 0.286 e. The third-order valence-corrected chi connectivity index (χ3v) is 13.4. The zero-order valence-corrected chi connectivity index (χ0v) is 25.3. The van der Waals surface area contributed by atoms with Crippen LogP contribution in [-0.4, -0.2) is 15.7 Å². The highest BCUT2D eigenvalue weighted by molar-refractivity contribution is 8.14. The molecular weight excluding hydrogens is 468 g/mol. The number of hydrogen-bond donors (Lipinski definition) is 0. The van der Waals surface area contributed by atoms with Crippen LogP contribution in [0, 0.1) is 52.3 Å². The molecule has 1 nitrogen and oxygen atoms in total. The number of fused-ring (bicyclic) bond motifs is 5. The van der Waals surface area contributed by atoms with Gasteiger partial charge in [-0.2, -0.15) is 0 Å². The van der Waals surface area contributed by atoms with E-state index >= 15 is 0 Å². The molecule has 3 saturated carbocycles. The fourth-order valence-corrected chi connectivity index (χ4v) is 10.6. The van der Waals surface area contributed by atoms with Crippen molar-refractivity contribution in [3.63, 3.8) is 0 Å². The van der Waals surface area contributed by atoms with Crippen molar-refractivity contribution in [1.29, 1.82) is 0 Å². The molecule has 4 aliphatic carbocycles. The van der Waals surface area contributed by atoms with Gasteiger partial charge in [-0.15, -0.1) is 11.6 Å². The summed E-state index contributed by atoms with van der Waals surface area (Å²) in [5.41, 5.74) is 2.61. The minimum absolute atomic E-state index is 0.192. The summed E-state index contributed by atoms with van der Waals surface area (Å²) in [7, 11) is 0. The molecule has 0 aromatic carbocycles. The third kappa shape index (κ3) is 5.46. The fourth-order valence-electron chi connectivity index (χ4n) is 9.25. The molecule has 200 valence electrons. The van der Waals surface area contributed by atoms with E-state index in [0.717, 1.165) is 41.9 Å². The number of halogens is 1. The highest BCUT2D eigenvalue weighted by Gasteiger charge is 2.59. The Kier molecular flexibility index (Phi) is 8.85. The number of alkyl halides is 1. The number of carbonyl (C=O) groups excluding carboxylic acids is 1. The minimum atomic E-state index is -0.350. The summed E-state index contributed by atoms with van der Waals surface area (Å²) in [6, 6.07) is 0. The van der Waals surface area contributed by atoms with E-state index in [4.69, 9.17) is 11.6 Å². The van der Waals surface area contributed by atoms with Gasteiger partial charge in [-0.05, 0) is 104 Å². The van der Waals surface area contributed by atoms with Crippen molar-refractivity contribution in [2.24, 2.45) is 52.3 Å². The number of thioether (sulfide) groups is 1. The van der Waals surface area contributed by atoms with Gasteiger partial charge in [0.05, 0.1) is 0 Å². The zero-order valence-electron chi connectivity index (χ0n) is 23.7. The summed E-state index contributed by atoms with van der Waals surface area (Å²) in [6.45, 7) is 16.7. The Labute approximate surface area is 226 Å². The molecule has 0 aromatic heterocycles. The van der Waals surface area contributed by atoms with Crippen LogP contribution >= 0.6 is 23.4 Å². The van der Waals surface area contributed by atoms with Crippen LogP contribution in [0.5, 0.6) is 0 Å². The molecule has 4 aliphatic rings. The number of hydrogen-bond acceptors (Lipinski definition) is 2. The van der Waals surface area contributed by atoms with Gasteiger partial charge in [-0.25, -0.2) is 0 Å². The van der Waals surface area contributed by atoms with Gasteiger partial charge in [0.2, 0.25) is 5.12 Å². The van der Waals surface area contributed by atoms with Gasteiger partial charge in [0.1, 0.15) is 5.38 Å². The molecular formula is C32H53ClOS. The second kappa shape index (κ2) is 11.0. The minimum Gasteiger partial charge on any atom is -0.286 e. The molecule has 4 rings (SSSR count). The Bertz CT molecular complexity index is 788. The van der Waals surface area contributed by atoms with Crippen LogP contribution in [0.15, 0.2) is 11.6 Å². The quantitative estimate of drug-likeness (QED) is 0.234. The summed E-state index contributed by atoms with van der Waals surface area (Å²) in [4.78, 5) is 12.7. The molecule has 0 unspecified atom stereocenters. The fraction of sp³-hybridized carbons (Fsp3) is 0.906. The number of rotatable bonds is 8. The molecule has 0 spiro atoms. The standard InChI is InChI=1S/C32H53ClOS/c1-20(2)9-8-10-22(5)26-13-14-27-25-12-11-23-19-24(35-30(34)29(33)21(3)4)15-17-31(23,6)28(25)16-18-32(26,27)7/h11,20-22,24-29H,8-10,12-19H2,1-7H3/t22-,24-,25-,26+,27-,28-,29-,31-,32+/m0/s1. The second-order valence-corrected chi connectivity index (χ2v) is 16.0. The molecule has 0 radical (unpaired) electrons. The topological polar surface area (TPSA) is 17.1 Å². The predicted molar refractivity (Wildman–Crippen MR) is 154 cm³/mol. The zero-order chi connectivity index (χ0) is 25.5. The molecule has 9 atom stereocenters. The summed E-state index contributed by atoms with van der Waals surface area (Å²) in [6.07, 6.45) is 17.5. The van der Waals surface area contributed by atoms with E-state index in [1.165, 1.54) is 64.2 Å². The molecule has 0 aliphatic heterocycles. The Morgan fingerprint density at radius 3 is 2.46 bits per heavy atom. The van der Waals surface area contributed by atoms with E-state index in [2.05, 4.69) is 54.5 Å². The first kappa shape index (κ1) is 28.1. The molecule has 3 fully saturated rings. The molecule has 0 heterocycles. The van der Waals surface area contributed by atoms with E-state index in [1.807, 2.05) is 0 Å². The molecule has 0 N–H and O–H groups in total. The molecule has 3 heteroatoms. The lowest BCUT2D eigenvalue weighted by atomic mass is 9.47. The van der Waals surface area contributed by atoms with Crippen molar-refractivity contribution in [1.82, 2.24) is 0 Å². The van der Waals surface area contributed by atoms with Crippen molar-refractivity contribution < 1.29 is 4.79 Å². The van der Waals surface area contributed by atoms with Gasteiger partial charge in [0.25, 0.3) is 0 Å². The van der Waals surface area contributed by atoms with E-state index in [-0.39, 0.29) is 16.4 Å².